The number of sulfonamides is 1. The highest BCUT2D eigenvalue weighted by atomic mass is 32.2. The van der Waals surface area contributed by atoms with Crippen LogP contribution in [0.3, 0.4) is 0 Å². The highest BCUT2D eigenvalue weighted by Crippen LogP contribution is 2.44. The summed E-state index contributed by atoms with van der Waals surface area (Å²) in [6, 6.07) is 12.5. The molecule has 2 aromatic carbocycles. The Labute approximate surface area is 176 Å². The van der Waals surface area contributed by atoms with Gasteiger partial charge in [0.2, 0.25) is 15.9 Å². The van der Waals surface area contributed by atoms with Crippen LogP contribution in [0.25, 0.3) is 0 Å². The predicted molar refractivity (Wildman–Crippen MR) is 113 cm³/mol. The molecule has 0 atom stereocenters. The fraction of sp³-hybridized carbons (Fsp3) is 0.409. The minimum atomic E-state index is -3.61. The predicted octanol–water partition coefficient (Wildman–Crippen LogP) is 2.82. The molecule has 2 aromatic rings. The number of nitrogens with one attached hydrogen (secondary N) is 1. The van der Waals surface area contributed by atoms with Gasteiger partial charge in [0, 0.05) is 31.9 Å². The van der Waals surface area contributed by atoms with Gasteiger partial charge in [-0.1, -0.05) is 24.6 Å². The van der Waals surface area contributed by atoms with E-state index in [1.165, 1.54) is 22.5 Å². The maximum absolute atomic E-state index is 13.3. The van der Waals surface area contributed by atoms with E-state index in [4.69, 9.17) is 0 Å². The molecule has 8 heteroatoms. The number of hydrogen-bond acceptors (Lipinski definition) is 4. The van der Waals surface area contributed by atoms with E-state index >= 15 is 0 Å². The number of amides is 1. The van der Waals surface area contributed by atoms with Gasteiger partial charge in [0.05, 0.1) is 10.3 Å². The van der Waals surface area contributed by atoms with Crippen LogP contribution in [0, 0.1) is 5.82 Å². The quantitative estimate of drug-likeness (QED) is 0.791. The number of hydrogen-bond donors (Lipinski definition) is 1. The topological polar surface area (TPSA) is 69.7 Å². The Kier molecular flexibility index (Phi) is 5.65. The van der Waals surface area contributed by atoms with E-state index < -0.39 is 15.4 Å². The molecular weight excluding hydrogens is 405 g/mol. The van der Waals surface area contributed by atoms with Crippen molar-refractivity contribution in [2.24, 2.45) is 0 Å². The van der Waals surface area contributed by atoms with E-state index in [9.17, 15) is 17.6 Å². The summed E-state index contributed by atoms with van der Waals surface area (Å²) in [6.07, 6.45) is 2.29. The lowest BCUT2D eigenvalue weighted by Crippen LogP contribution is -2.47. The zero-order valence-corrected chi connectivity index (χ0v) is 17.8. The Morgan fingerprint density at radius 1 is 1.03 bits per heavy atom. The summed E-state index contributed by atoms with van der Waals surface area (Å²) < 4.78 is 40.8. The van der Waals surface area contributed by atoms with Gasteiger partial charge in [-0.15, -0.1) is 0 Å². The zero-order chi connectivity index (χ0) is 21.4. The van der Waals surface area contributed by atoms with Crippen molar-refractivity contribution >= 4 is 21.6 Å². The SMILES string of the molecule is CN1CCN(S(=O)(=O)c2cccc(NC(=O)C3(c4ccc(F)cc4)CCC3)c2)CC1. The lowest BCUT2D eigenvalue weighted by Gasteiger charge is -2.40. The Balaban J connectivity index is 1.54. The number of carbonyl (C=O) groups excluding carboxylic acids is 1. The molecule has 2 aliphatic rings. The van der Waals surface area contributed by atoms with Gasteiger partial charge in [0.1, 0.15) is 5.82 Å². The second-order valence-corrected chi connectivity index (χ2v) is 10.1. The van der Waals surface area contributed by atoms with Gasteiger partial charge in [-0.2, -0.15) is 4.31 Å². The monoisotopic (exact) mass is 431 g/mol. The molecule has 1 heterocycles. The minimum Gasteiger partial charge on any atom is -0.325 e. The molecule has 1 N–H and O–H groups in total. The van der Waals surface area contributed by atoms with Crippen LogP contribution < -0.4 is 5.32 Å². The first-order valence-electron chi connectivity index (χ1n) is 10.2. The molecule has 1 saturated heterocycles. The summed E-state index contributed by atoms with van der Waals surface area (Å²) in [6.45, 7) is 2.28. The fourth-order valence-electron chi connectivity index (χ4n) is 4.11. The molecule has 1 aliphatic carbocycles. The molecular formula is C22H26FN3O3S. The Hall–Kier alpha value is -2.29. The number of nitrogens with zero attached hydrogens (tertiary/aromatic N) is 2. The molecule has 160 valence electrons. The zero-order valence-electron chi connectivity index (χ0n) is 17.0. The van der Waals surface area contributed by atoms with Crippen molar-refractivity contribution in [3.63, 3.8) is 0 Å². The van der Waals surface area contributed by atoms with Crippen LogP contribution in [0.15, 0.2) is 53.4 Å². The first-order valence-corrected chi connectivity index (χ1v) is 11.6. The second kappa shape index (κ2) is 8.09. The van der Waals surface area contributed by atoms with Crippen LogP contribution in [0.1, 0.15) is 24.8 Å². The summed E-state index contributed by atoms with van der Waals surface area (Å²) in [5, 5.41) is 2.90. The molecule has 0 aromatic heterocycles. The molecule has 0 radical (unpaired) electrons. The number of halogens is 1. The van der Waals surface area contributed by atoms with Crippen molar-refractivity contribution in [2.45, 2.75) is 29.6 Å². The first-order chi connectivity index (χ1) is 14.3. The van der Waals surface area contributed by atoms with Crippen LogP contribution in [0.4, 0.5) is 10.1 Å². The molecule has 1 amide bonds. The number of rotatable bonds is 5. The third-order valence-electron chi connectivity index (χ3n) is 6.23. The van der Waals surface area contributed by atoms with E-state index in [0.29, 0.717) is 44.7 Å². The van der Waals surface area contributed by atoms with Crippen LogP contribution in [-0.4, -0.2) is 56.8 Å². The van der Waals surface area contributed by atoms with Crippen LogP contribution in [-0.2, 0) is 20.2 Å². The van der Waals surface area contributed by atoms with Gasteiger partial charge in [0.15, 0.2) is 0 Å². The van der Waals surface area contributed by atoms with Gasteiger partial charge in [0.25, 0.3) is 0 Å². The Morgan fingerprint density at radius 2 is 1.70 bits per heavy atom. The molecule has 1 aliphatic heterocycles. The highest BCUT2D eigenvalue weighted by Gasteiger charge is 2.45. The molecule has 0 unspecified atom stereocenters. The first kappa shape index (κ1) is 21.0. The van der Waals surface area contributed by atoms with Crippen molar-refractivity contribution < 1.29 is 17.6 Å². The Morgan fingerprint density at radius 3 is 2.30 bits per heavy atom. The van der Waals surface area contributed by atoms with Crippen molar-refractivity contribution in [1.29, 1.82) is 0 Å². The second-order valence-electron chi connectivity index (χ2n) is 8.13. The molecule has 6 nitrogen and oxygen atoms in total. The van der Waals surface area contributed by atoms with Crippen molar-refractivity contribution in [1.82, 2.24) is 9.21 Å². The third kappa shape index (κ3) is 3.87. The van der Waals surface area contributed by atoms with Crippen LogP contribution in [0.2, 0.25) is 0 Å². The van der Waals surface area contributed by atoms with Gasteiger partial charge in [-0.25, -0.2) is 12.8 Å². The lowest BCUT2D eigenvalue weighted by atomic mass is 9.64. The van der Waals surface area contributed by atoms with Gasteiger partial charge in [-0.3, -0.25) is 4.79 Å². The Bertz CT molecular complexity index is 1030. The average Bonchev–Trinajstić information content (AvgIpc) is 2.69. The summed E-state index contributed by atoms with van der Waals surface area (Å²) in [7, 11) is -1.64. The summed E-state index contributed by atoms with van der Waals surface area (Å²) in [5.74, 6) is -0.523. The highest BCUT2D eigenvalue weighted by molar-refractivity contribution is 7.89. The minimum absolute atomic E-state index is 0.175. The molecule has 4 rings (SSSR count). The standard InChI is InChI=1S/C22H26FN3O3S/c1-25-12-14-26(15-13-25)30(28,29)20-5-2-4-19(16-20)24-21(27)22(10-3-11-22)17-6-8-18(23)9-7-17/h2,4-9,16H,3,10-15H2,1H3,(H,24,27). The van der Waals surface area contributed by atoms with Crippen molar-refractivity contribution in [3.8, 4) is 0 Å². The summed E-state index contributed by atoms with van der Waals surface area (Å²) in [5.41, 5.74) is 0.539. The molecule has 1 saturated carbocycles. The van der Waals surface area contributed by atoms with E-state index in [-0.39, 0.29) is 16.6 Å². The van der Waals surface area contributed by atoms with E-state index in [0.717, 1.165) is 12.0 Å². The number of carbonyl (C=O) groups is 1. The summed E-state index contributed by atoms with van der Waals surface area (Å²) >= 11 is 0. The lowest BCUT2D eigenvalue weighted by molar-refractivity contribution is -0.124. The molecule has 0 bridgehead atoms. The van der Waals surface area contributed by atoms with Crippen LogP contribution >= 0.6 is 0 Å². The average molecular weight is 432 g/mol. The third-order valence-corrected chi connectivity index (χ3v) is 8.13. The normalized spacial score (nSPS) is 19.8. The maximum atomic E-state index is 13.3. The maximum Gasteiger partial charge on any atom is 0.243 e. The van der Waals surface area contributed by atoms with E-state index in [1.54, 1.807) is 30.3 Å². The van der Waals surface area contributed by atoms with Crippen LogP contribution in [0.5, 0.6) is 0 Å². The van der Waals surface area contributed by atoms with Gasteiger partial charge in [-0.05, 0) is 55.8 Å². The van der Waals surface area contributed by atoms with E-state index in [1.807, 2.05) is 7.05 Å². The fourth-order valence-corrected chi connectivity index (χ4v) is 5.58. The van der Waals surface area contributed by atoms with Crippen molar-refractivity contribution in [2.75, 3.05) is 38.5 Å². The van der Waals surface area contributed by atoms with E-state index in [2.05, 4.69) is 10.2 Å². The van der Waals surface area contributed by atoms with Gasteiger partial charge < -0.3 is 10.2 Å². The number of piperazine rings is 1. The number of anilines is 1. The largest absolute Gasteiger partial charge is 0.325 e. The molecule has 30 heavy (non-hydrogen) atoms. The molecule has 0 spiro atoms. The smallest absolute Gasteiger partial charge is 0.243 e. The van der Waals surface area contributed by atoms with Gasteiger partial charge >= 0.3 is 0 Å². The van der Waals surface area contributed by atoms with Crippen molar-refractivity contribution in [3.05, 3.63) is 59.9 Å². The summed E-state index contributed by atoms with van der Waals surface area (Å²) in [4.78, 5) is 15.4. The number of benzene rings is 2. The molecule has 2 fully saturated rings. The number of likely N-dealkylation sites (N-methyl/N-ethyl adjacent to an activating group) is 1.